The molecule has 0 saturated heterocycles. The highest BCUT2D eigenvalue weighted by molar-refractivity contribution is 5.95. The summed E-state index contributed by atoms with van der Waals surface area (Å²) in [5.41, 5.74) is 1.52. The summed E-state index contributed by atoms with van der Waals surface area (Å²) < 4.78 is 66.9. The summed E-state index contributed by atoms with van der Waals surface area (Å²) in [6.45, 7) is -3.32. The zero-order chi connectivity index (χ0) is 30.0. The van der Waals surface area contributed by atoms with E-state index in [0.29, 0.717) is 17.1 Å². The van der Waals surface area contributed by atoms with Crippen molar-refractivity contribution < 1.29 is 36.9 Å². The van der Waals surface area contributed by atoms with Crippen molar-refractivity contribution >= 4 is 17.0 Å². The van der Waals surface area contributed by atoms with Gasteiger partial charge in [0, 0.05) is 30.7 Å². The molecule has 5 rings (SSSR count). The molecule has 0 aliphatic carbocycles. The van der Waals surface area contributed by atoms with Crippen LogP contribution in [0.3, 0.4) is 0 Å². The molecule has 2 aromatic heterocycles. The van der Waals surface area contributed by atoms with Gasteiger partial charge >= 0.3 is 12.6 Å². The summed E-state index contributed by atoms with van der Waals surface area (Å²) in [5, 5.41) is 18.2. The van der Waals surface area contributed by atoms with Gasteiger partial charge in [0.1, 0.15) is 29.6 Å². The van der Waals surface area contributed by atoms with Crippen LogP contribution in [-0.4, -0.2) is 32.2 Å². The molecule has 0 radical (unpaired) electrons. The Morgan fingerprint density at radius 3 is 2.48 bits per heavy atom. The van der Waals surface area contributed by atoms with Crippen molar-refractivity contribution in [3.05, 3.63) is 106 Å². The Labute approximate surface area is 236 Å². The fourth-order valence-electron chi connectivity index (χ4n) is 4.33. The number of alkyl halides is 2. The van der Waals surface area contributed by atoms with E-state index in [0.717, 1.165) is 12.1 Å². The van der Waals surface area contributed by atoms with Crippen molar-refractivity contribution in [2.45, 2.75) is 19.6 Å². The quantitative estimate of drug-likeness (QED) is 0.206. The Bertz CT molecular complexity index is 1870. The van der Waals surface area contributed by atoms with Crippen molar-refractivity contribution in [3.63, 3.8) is 0 Å². The number of hydrogen-bond donors (Lipinski definition) is 1. The molecule has 1 N–H and O–H groups in total. The number of fused-ring (bicyclic) bond motifs is 1. The monoisotopic (exact) mass is 576 g/mol. The normalized spacial score (nSPS) is 11.1. The Hall–Kier alpha value is -5.44. The molecule has 0 aliphatic rings. The Morgan fingerprint density at radius 2 is 1.79 bits per heavy atom. The molecule has 212 valence electrons. The van der Waals surface area contributed by atoms with Crippen LogP contribution in [-0.2, 0) is 20.1 Å². The van der Waals surface area contributed by atoms with Crippen molar-refractivity contribution in [1.29, 1.82) is 5.26 Å². The average molecular weight is 577 g/mol. The molecule has 0 aliphatic heterocycles. The predicted molar refractivity (Wildman–Crippen MR) is 142 cm³/mol. The number of pyridine rings is 1. The first kappa shape index (κ1) is 28.1. The smallest absolute Gasteiger partial charge is 0.387 e. The van der Waals surface area contributed by atoms with E-state index in [9.17, 15) is 23.1 Å². The fraction of sp³-hybridized carbons (Fsp3) is 0.133. The molecular weight excluding hydrogens is 556 g/mol. The molecule has 12 heteroatoms. The first-order valence-electron chi connectivity index (χ1n) is 12.4. The number of halogens is 4. The molecule has 0 unspecified atom stereocenters. The van der Waals surface area contributed by atoms with Crippen LogP contribution in [0.5, 0.6) is 11.6 Å². The van der Waals surface area contributed by atoms with Crippen molar-refractivity contribution in [1.82, 2.24) is 14.5 Å². The number of aromatic nitrogens is 3. The van der Waals surface area contributed by atoms with E-state index in [2.05, 4.69) is 14.7 Å². The molecule has 3 aromatic carbocycles. The van der Waals surface area contributed by atoms with E-state index >= 15 is 4.39 Å². The average Bonchev–Trinajstić information content (AvgIpc) is 3.28. The zero-order valence-corrected chi connectivity index (χ0v) is 21.8. The lowest BCUT2D eigenvalue weighted by atomic mass is 10.1. The minimum atomic E-state index is -3.19. The number of benzene rings is 3. The summed E-state index contributed by atoms with van der Waals surface area (Å²) in [7, 11) is 1.56. The molecular formula is C30H20F4N4O4. The molecule has 42 heavy (non-hydrogen) atoms. The van der Waals surface area contributed by atoms with Crippen LogP contribution < -0.4 is 9.47 Å². The lowest BCUT2D eigenvalue weighted by Gasteiger charge is -2.10. The number of carbonyl (C=O) groups is 1. The number of imidazole rings is 1. The third-order valence-electron chi connectivity index (χ3n) is 6.49. The molecule has 8 nitrogen and oxygen atoms in total. The van der Waals surface area contributed by atoms with Gasteiger partial charge in [-0.05, 0) is 42.0 Å². The van der Waals surface area contributed by atoms with E-state index in [1.807, 2.05) is 6.07 Å². The number of ether oxygens (including phenoxy) is 2. The number of carboxylic acid groups (broad SMARTS) is 1. The Kier molecular flexibility index (Phi) is 7.75. The van der Waals surface area contributed by atoms with Crippen molar-refractivity contribution in [2.75, 3.05) is 0 Å². The molecule has 2 heterocycles. The molecule has 0 bridgehead atoms. The van der Waals surface area contributed by atoms with Crippen LogP contribution in [0.25, 0.3) is 22.3 Å². The van der Waals surface area contributed by atoms with Gasteiger partial charge in [-0.15, -0.1) is 0 Å². The van der Waals surface area contributed by atoms with E-state index in [-0.39, 0.29) is 52.2 Å². The Balaban J connectivity index is 1.37. The van der Waals surface area contributed by atoms with E-state index in [1.54, 1.807) is 31.3 Å². The first-order valence-corrected chi connectivity index (χ1v) is 12.4. The fourth-order valence-corrected chi connectivity index (χ4v) is 4.33. The summed E-state index contributed by atoms with van der Waals surface area (Å²) in [5.74, 6) is -2.41. The number of aromatic carboxylic acids is 1. The summed E-state index contributed by atoms with van der Waals surface area (Å²) in [6, 6.07) is 17.5. The van der Waals surface area contributed by atoms with Gasteiger partial charge in [-0.25, -0.2) is 23.5 Å². The highest BCUT2D eigenvalue weighted by Crippen LogP contribution is 2.31. The SMILES string of the molecule is Cn1c(Cc2ccc(-c3cccc(OCc4ccc(C#N)cc4F)n3)cc2F)nc2c(OC(F)F)cc(C(=O)O)cc21. The predicted octanol–water partition coefficient (Wildman–Crippen LogP) is 6.25. The van der Waals surface area contributed by atoms with Crippen LogP contribution in [0.4, 0.5) is 17.6 Å². The van der Waals surface area contributed by atoms with Crippen molar-refractivity contribution in [2.24, 2.45) is 7.05 Å². The number of nitrogens with zero attached hydrogens (tertiary/aromatic N) is 4. The molecule has 0 spiro atoms. The lowest BCUT2D eigenvalue weighted by Crippen LogP contribution is -2.05. The topological polar surface area (TPSA) is 110 Å². The van der Waals surface area contributed by atoms with Crippen LogP contribution in [0, 0.1) is 23.0 Å². The number of nitriles is 1. The van der Waals surface area contributed by atoms with Gasteiger partial charge < -0.3 is 19.1 Å². The van der Waals surface area contributed by atoms with Gasteiger partial charge in [-0.1, -0.05) is 24.3 Å². The van der Waals surface area contributed by atoms with Crippen LogP contribution >= 0.6 is 0 Å². The minimum absolute atomic E-state index is 0.0248. The molecule has 5 aromatic rings. The number of carboxylic acids is 1. The maximum atomic E-state index is 15.2. The first-order chi connectivity index (χ1) is 20.1. The third kappa shape index (κ3) is 5.85. The van der Waals surface area contributed by atoms with E-state index in [4.69, 9.17) is 10.00 Å². The second kappa shape index (κ2) is 11.6. The van der Waals surface area contributed by atoms with Crippen LogP contribution in [0.1, 0.15) is 32.9 Å². The standard InChI is InChI=1S/C30H20F4N4O4/c1-38-24-11-20(29(39)40)12-25(42-30(33)34)28(24)37-26(38)13-17-7-8-18(10-22(17)32)23-3-2-4-27(36-23)41-15-19-6-5-16(14-35)9-21(19)31/h2-12,30H,13,15H2,1H3,(H,39,40). The second-order valence-electron chi connectivity index (χ2n) is 9.16. The number of rotatable bonds is 9. The number of aryl methyl sites for hydroxylation is 1. The van der Waals surface area contributed by atoms with Crippen LogP contribution in [0.2, 0.25) is 0 Å². The largest absolute Gasteiger partial charge is 0.478 e. The van der Waals surface area contributed by atoms with Gasteiger partial charge in [0.2, 0.25) is 5.88 Å². The van der Waals surface area contributed by atoms with Gasteiger partial charge in [0.05, 0.1) is 28.4 Å². The minimum Gasteiger partial charge on any atom is -0.478 e. The maximum Gasteiger partial charge on any atom is 0.387 e. The van der Waals surface area contributed by atoms with Crippen molar-refractivity contribution in [3.8, 4) is 29.0 Å². The second-order valence-corrected chi connectivity index (χ2v) is 9.16. The molecule has 0 amide bonds. The Morgan fingerprint density at radius 1 is 1.02 bits per heavy atom. The van der Waals surface area contributed by atoms with E-state index in [1.165, 1.54) is 34.9 Å². The molecule has 0 fully saturated rings. The highest BCUT2D eigenvalue weighted by Gasteiger charge is 2.20. The molecule has 0 saturated carbocycles. The third-order valence-corrected chi connectivity index (χ3v) is 6.49. The summed E-state index contributed by atoms with van der Waals surface area (Å²) >= 11 is 0. The molecule has 0 atom stereocenters. The van der Waals surface area contributed by atoms with E-state index < -0.39 is 30.0 Å². The lowest BCUT2D eigenvalue weighted by molar-refractivity contribution is -0.0489. The van der Waals surface area contributed by atoms with Crippen LogP contribution in [0.15, 0.2) is 66.7 Å². The summed E-state index contributed by atoms with van der Waals surface area (Å²) in [4.78, 5) is 20.2. The zero-order valence-electron chi connectivity index (χ0n) is 21.8. The summed E-state index contributed by atoms with van der Waals surface area (Å²) in [6.07, 6.45) is -0.0272. The highest BCUT2D eigenvalue weighted by atomic mass is 19.3. The van der Waals surface area contributed by atoms with Gasteiger partial charge in [0.15, 0.2) is 5.75 Å². The van der Waals surface area contributed by atoms with Gasteiger partial charge in [-0.2, -0.15) is 14.0 Å². The van der Waals surface area contributed by atoms with Gasteiger partial charge in [0.25, 0.3) is 0 Å². The number of hydrogen-bond acceptors (Lipinski definition) is 6. The maximum absolute atomic E-state index is 15.2. The van der Waals surface area contributed by atoms with Gasteiger partial charge in [-0.3, -0.25) is 0 Å².